The lowest BCUT2D eigenvalue weighted by Crippen LogP contribution is -2.60. The first-order valence-corrected chi connectivity index (χ1v) is 25.3. The van der Waals surface area contributed by atoms with E-state index in [-0.39, 0.29) is 19.4 Å². The van der Waals surface area contributed by atoms with Crippen molar-refractivity contribution in [1.29, 1.82) is 0 Å². The van der Waals surface area contributed by atoms with Crippen LogP contribution in [0.15, 0.2) is 48.6 Å². The molecule has 0 aromatic carbocycles. The van der Waals surface area contributed by atoms with Gasteiger partial charge in [0.25, 0.3) is 10.1 Å². The minimum absolute atomic E-state index is 0.0890. The third-order valence-electron chi connectivity index (χ3n) is 10.7. The Bertz CT molecular complexity index is 1310. The highest BCUT2D eigenvalue weighted by Crippen LogP contribution is 2.24. The van der Waals surface area contributed by atoms with Crippen molar-refractivity contribution in [2.24, 2.45) is 0 Å². The third kappa shape index (κ3) is 32.9. The Kier molecular flexibility index (Phi) is 35.4. The molecule has 6 atom stereocenters. The number of unbranched alkanes of at least 4 members (excludes halogenated alkanes) is 19. The van der Waals surface area contributed by atoms with E-state index in [2.05, 4.69) is 50.3 Å². The van der Waals surface area contributed by atoms with Crippen molar-refractivity contribution in [3.8, 4) is 0 Å². The Morgan fingerprint density at radius 1 is 0.557 bits per heavy atom. The molecule has 4 N–H and O–H groups in total. The number of carbonyl (C=O) groups excluding carboxylic acids is 2. The van der Waals surface area contributed by atoms with Gasteiger partial charge in [0.05, 0.1) is 6.61 Å². The standard InChI is InChI=1S/C48H84O12S/c1-3-5-7-9-11-13-15-17-18-19-20-21-22-23-24-25-27-29-31-33-35-37-44(50)59-41(39-58-48-47(53)46(52)45(51)42(60-48)40-61(54,55)56)38-57-43(49)36-34-32-30-28-26-16-14-12-10-8-6-4-2/h18-19,21-22,24-25,29,31,41-42,45-48,51-53H,3-17,20,23,26-28,30,32-40H2,1-2H3,(H,54,55,56)/b19-18+,22-21+,25-24+,31-29+/t41-,42-,45-,46?,47?,48+/m1/s1. The van der Waals surface area contributed by atoms with Crippen LogP contribution in [0, 0.1) is 0 Å². The van der Waals surface area contributed by atoms with Gasteiger partial charge in [-0.15, -0.1) is 0 Å². The van der Waals surface area contributed by atoms with Crippen molar-refractivity contribution < 1.29 is 56.8 Å². The van der Waals surface area contributed by atoms with Crippen LogP contribution in [-0.4, -0.2) is 96.0 Å². The van der Waals surface area contributed by atoms with Gasteiger partial charge in [-0.25, -0.2) is 0 Å². The van der Waals surface area contributed by atoms with Gasteiger partial charge in [0.1, 0.15) is 36.8 Å². The van der Waals surface area contributed by atoms with Crippen molar-refractivity contribution in [3.63, 3.8) is 0 Å². The average Bonchev–Trinajstić information content (AvgIpc) is 3.22. The quantitative estimate of drug-likeness (QED) is 0.0198. The fourth-order valence-electron chi connectivity index (χ4n) is 6.96. The van der Waals surface area contributed by atoms with E-state index in [1.165, 1.54) is 96.3 Å². The molecule has 13 heteroatoms. The van der Waals surface area contributed by atoms with Crippen molar-refractivity contribution in [2.45, 2.75) is 224 Å². The Labute approximate surface area is 369 Å². The molecular formula is C48H84O12S. The number of carbonyl (C=O) groups is 2. The summed E-state index contributed by atoms with van der Waals surface area (Å²) < 4.78 is 54.0. The van der Waals surface area contributed by atoms with Crippen LogP contribution >= 0.6 is 0 Å². The predicted octanol–water partition coefficient (Wildman–Crippen LogP) is 9.95. The van der Waals surface area contributed by atoms with Crippen molar-refractivity contribution in [3.05, 3.63) is 48.6 Å². The number of hydrogen-bond acceptors (Lipinski definition) is 11. The lowest BCUT2D eigenvalue weighted by molar-refractivity contribution is -0.297. The van der Waals surface area contributed by atoms with Crippen molar-refractivity contribution in [1.82, 2.24) is 0 Å². The highest BCUT2D eigenvalue weighted by atomic mass is 32.2. The van der Waals surface area contributed by atoms with Crippen LogP contribution in [0.1, 0.15) is 187 Å². The second kappa shape index (κ2) is 38.1. The molecular weight excluding hydrogens is 801 g/mol. The van der Waals surface area contributed by atoms with Crippen molar-refractivity contribution >= 4 is 22.1 Å². The minimum atomic E-state index is -4.61. The van der Waals surface area contributed by atoms with Gasteiger partial charge >= 0.3 is 11.9 Å². The van der Waals surface area contributed by atoms with E-state index in [1.807, 2.05) is 12.2 Å². The molecule has 0 spiro atoms. The summed E-state index contributed by atoms with van der Waals surface area (Å²) in [5.74, 6) is -2.05. The summed E-state index contributed by atoms with van der Waals surface area (Å²) in [5, 5.41) is 30.9. The summed E-state index contributed by atoms with van der Waals surface area (Å²) in [6.45, 7) is 3.71. The van der Waals surface area contributed by atoms with E-state index in [1.54, 1.807) is 0 Å². The van der Waals surface area contributed by atoms with Gasteiger partial charge in [-0.1, -0.05) is 172 Å². The highest BCUT2D eigenvalue weighted by molar-refractivity contribution is 7.85. The third-order valence-corrected chi connectivity index (χ3v) is 11.4. The maximum absolute atomic E-state index is 12.8. The van der Waals surface area contributed by atoms with Crippen LogP contribution in [0.4, 0.5) is 0 Å². The van der Waals surface area contributed by atoms with Crippen LogP contribution in [0.25, 0.3) is 0 Å². The number of allylic oxidation sites excluding steroid dienone is 8. The summed E-state index contributed by atoms with van der Waals surface area (Å²) in [6, 6.07) is 0. The second-order valence-corrected chi connectivity index (χ2v) is 17.9. The van der Waals surface area contributed by atoms with Crippen LogP contribution < -0.4 is 0 Å². The molecule has 1 aliphatic rings. The van der Waals surface area contributed by atoms with Gasteiger partial charge < -0.3 is 34.3 Å². The maximum Gasteiger partial charge on any atom is 0.306 e. The number of aliphatic hydroxyl groups excluding tert-OH is 3. The maximum atomic E-state index is 12.8. The average molecular weight is 885 g/mol. The number of esters is 2. The molecule has 354 valence electrons. The number of aliphatic hydroxyl groups is 3. The Balaban J connectivity index is 2.46. The summed E-state index contributed by atoms with van der Waals surface area (Å²) in [4.78, 5) is 25.4. The highest BCUT2D eigenvalue weighted by Gasteiger charge is 2.46. The van der Waals surface area contributed by atoms with Gasteiger partial charge in [0.15, 0.2) is 12.4 Å². The Hall–Kier alpha value is -2.39. The molecule has 0 aliphatic carbocycles. The zero-order valence-electron chi connectivity index (χ0n) is 37.8. The van der Waals surface area contributed by atoms with Crippen molar-refractivity contribution in [2.75, 3.05) is 19.0 Å². The predicted molar refractivity (Wildman–Crippen MR) is 242 cm³/mol. The first kappa shape index (κ1) is 56.6. The van der Waals surface area contributed by atoms with Crippen LogP contribution in [-0.2, 0) is 38.7 Å². The summed E-state index contributed by atoms with van der Waals surface area (Å²) >= 11 is 0. The Morgan fingerprint density at radius 2 is 1.00 bits per heavy atom. The van der Waals surface area contributed by atoms with E-state index in [9.17, 15) is 37.9 Å². The lowest BCUT2D eigenvalue weighted by Gasteiger charge is -2.40. The number of ether oxygens (including phenoxy) is 4. The first-order valence-electron chi connectivity index (χ1n) is 23.7. The van der Waals surface area contributed by atoms with Gasteiger partial charge in [-0.05, 0) is 51.4 Å². The normalized spacial score (nSPS) is 20.4. The summed E-state index contributed by atoms with van der Waals surface area (Å²) in [6.07, 6.45) is 35.9. The molecule has 1 saturated heterocycles. The molecule has 0 amide bonds. The molecule has 61 heavy (non-hydrogen) atoms. The molecule has 1 fully saturated rings. The Morgan fingerprint density at radius 3 is 1.51 bits per heavy atom. The monoisotopic (exact) mass is 885 g/mol. The lowest BCUT2D eigenvalue weighted by atomic mass is 10.00. The fourth-order valence-corrected chi connectivity index (χ4v) is 7.65. The molecule has 12 nitrogen and oxygen atoms in total. The van der Waals surface area contributed by atoms with E-state index >= 15 is 0 Å². The largest absolute Gasteiger partial charge is 0.462 e. The molecule has 0 bridgehead atoms. The summed E-state index contributed by atoms with van der Waals surface area (Å²) in [7, 11) is -4.61. The molecule has 0 aromatic rings. The van der Waals surface area contributed by atoms with Crippen LogP contribution in [0.2, 0.25) is 0 Å². The zero-order valence-corrected chi connectivity index (χ0v) is 38.6. The van der Waals surface area contributed by atoms with Crippen LogP contribution in [0.5, 0.6) is 0 Å². The SMILES string of the molecule is CCCCCCCCC/C=C/C/C=C/C/C=C/C/C=C/CCCC(=O)O[C@H](COC(=O)CCCCCCCCCCCCCC)CO[C@H]1O[C@H](CS(=O)(=O)O)[C@@H](O)C(O)C1O. The number of rotatable bonds is 39. The topological polar surface area (TPSA) is 186 Å². The van der Waals surface area contributed by atoms with E-state index in [0.29, 0.717) is 19.3 Å². The van der Waals surface area contributed by atoms with E-state index in [4.69, 9.17) is 18.9 Å². The molecule has 1 aliphatic heterocycles. The minimum Gasteiger partial charge on any atom is -0.462 e. The molecule has 2 unspecified atom stereocenters. The van der Waals surface area contributed by atoms with Gasteiger partial charge in [0.2, 0.25) is 0 Å². The van der Waals surface area contributed by atoms with Crippen LogP contribution in [0.3, 0.4) is 0 Å². The molecule has 1 rings (SSSR count). The summed E-state index contributed by atoms with van der Waals surface area (Å²) in [5.41, 5.74) is 0. The molecule has 0 aromatic heterocycles. The first-order chi connectivity index (χ1) is 29.5. The molecule has 0 saturated carbocycles. The fraction of sp³-hybridized carbons (Fsp3) is 0.792. The smallest absolute Gasteiger partial charge is 0.306 e. The number of hydrogen-bond donors (Lipinski definition) is 4. The van der Waals surface area contributed by atoms with E-state index < -0.39 is 71.2 Å². The van der Waals surface area contributed by atoms with Gasteiger partial charge in [-0.2, -0.15) is 8.42 Å². The van der Waals surface area contributed by atoms with E-state index in [0.717, 1.165) is 44.9 Å². The molecule has 0 radical (unpaired) electrons. The van der Waals surface area contributed by atoms with Gasteiger partial charge in [-0.3, -0.25) is 14.1 Å². The zero-order chi connectivity index (χ0) is 44.8. The molecule has 1 heterocycles. The second-order valence-electron chi connectivity index (χ2n) is 16.4. The van der Waals surface area contributed by atoms with Gasteiger partial charge in [0, 0.05) is 12.8 Å².